The summed E-state index contributed by atoms with van der Waals surface area (Å²) in [6, 6.07) is 1.18. The molecule has 1 N–H and O–H groups in total. The lowest BCUT2D eigenvalue weighted by Gasteiger charge is -2.09. The van der Waals surface area contributed by atoms with Crippen molar-refractivity contribution < 1.29 is 13.2 Å². The Hall–Kier alpha value is -1.89. The van der Waals surface area contributed by atoms with Crippen LogP contribution < -0.4 is 5.32 Å². The highest BCUT2D eigenvalue weighted by atomic mass is 19.2. The minimum Gasteiger partial charge on any atom is -0.312 e. The largest absolute Gasteiger partial charge is 0.312 e. The summed E-state index contributed by atoms with van der Waals surface area (Å²) in [4.78, 5) is 0. The maximum absolute atomic E-state index is 13.7. The zero-order valence-corrected chi connectivity index (χ0v) is 10.7. The molecule has 0 saturated heterocycles. The second-order valence-corrected chi connectivity index (χ2v) is 4.20. The van der Waals surface area contributed by atoms with Crippen molar-refractivity contribution in [1.82, 2.24) is 20.3 Å². The monoisotopic (exact) mass is 270 g/mol. The van der Waals surface area contributed by atoms with Gasteiger partial charge in [0.25, 0.3) is 0 Å². The van der Waals surface area contributed by atoms with Gasteiger partial charge in [0.15, 0.2) is 17.5 Å². The van der Waals surface area contributed by atoms with Crippen LogP contribution >= 0.6 is 0 Å². The molecule has 1 atom stereocenters. The Kier molecular flexibility index (Phi) is 3.57. The second-order valence-electron chi connectivity index (χ2n) is 4.20. The predicted octanol–water partition coefficient (Wildman–Crippen LogP) is 2.27. The van der Waals surface area contributed by atoms with E-state index in [1.165, 1.54) is 0 Å². The SMILES string of the molecule is CNC(C)c1nnn(-c2cc(F)c(F)cc2F)c1C. The average Bonchev–Trinajstić information content (AvgIpc) is 2.75. The van der Waals surface area contributed by atoms with Gasteiger partial charge in [-0.15, -0.1) is 5.10 Å². The predicted molar refractivity (Wildman–Crippen MR) is 63.4 cm³/mol. The van der Waals surface area contributed by atoms with Gasteiger partial charge < -0.3 is 5.32 Å². The van der Waals surface area contributed by atoms with Crippen LogP contribution in [0.3, 0.4) is 0 Å². The highest BCUT2D eigenvalue weighted by Crippen LogP contribution is 2.21. The molecule has 0 aliphatic carbocycles. The normalized spacial score (nSPS) is 12.7. The lowest BCUT2D eigenvalue weighted by molar-refractivity contribution is 0.490. The van der Waals surface area contributed by atoms with Crippen LogP contribution in [0, 0.1) is 24.4 Å². The maximum atomic E-state index is 13.7. The van der Waals surface area contributed by atoms with E-state index in [9.17, 15) is 13.2 Å². The molecule has 1 heterocycles. The fourth-order valence-corrected chi connectivity index (χ4v) is 1.78. The highest BCUT2D eigenvalue weighted by molar-refractivity contribution is 5.36. The number of nitrogens with one attached hydrogen (secondary N) is 1. The van der Waals surface area contributed by atoms with Crippen LogP contribution in [0.5, 0.6) is 0 Å². The topological polar surface area (TPSA) is 42.7 Å². The van der Waals surface area contributed by atoms with Gasteiger partial charge in [0.05, 0.1) is 11.7 Å². The third kappa shape index (κ3) is 2.33. The first kappa shape index (κ1) is 13.5. The Morgan fingerprint density at radius 1 is 1.16 bits per heavy atom. The van der Waals surface area contributed by atoms with Gasteiger partial charge in [-0.3, -0.25) is 0 Å². The van der Waals surface area contributed by atoms with Crippen molar-refractivity contribution in [3.05, 3.63) is 41.0 Å². The van der Waals surface area contributed by atoms with E-state index in [2.05, 4.69) is 15.6 Å². The number of hydrogen-bond donors (Lipinski definition) is 1. The van der Waals surface area contributed by atoms with Gasteiger partial charge in [0, 0.05) is 12.1 Å². The molecule has 0 saturated carbocycles. The molecular weight excluding hydrogens is 257 g/mol. The van der Waals surface area contributed by atoms with Gasteiger partial charge in [-0.1, -0.05) is 5.21 Å². The average molecular weight is 270 g/mol. The van der Waals surface area contributed by atoms with Crippen molar-refractivity contribution in [2.24, 2.45) is 0 Å². The molecule has 1 unspecified atom stereocenters. The summed E-state index contributed by atoms with van der Waals surface area (Å²) in [5.41, 5.74) is 1.01. The molecular formula is C12H13F3N4. The second kappa shape index (κ2) is 5.00. The Labute approximate surface area is 108 Å². The molecule has 0 bridgehead atoms. The van der Waals surface area contributed by atoms with Crippen molar-refractivity contribution in [2.45, 2.75) is 19.9 Å². The van der Waals surface area contributed by atoms with Gasteiger partial charge >= 0.3 is 0 Å². The molecule has 4 nitrogen and oxygen atoms in total. The van der Waals surface area contributed by atoms with Crippen molar-refractivity contribution in [3.8, 4) is 5.69 Å². The smallest absolute Gasteiger partial charge is 0.161 e. The van der Waals surface area contributed by atoms with Crippen LogP contribution in [0.4, 0.5) is 13.2 Å². The van der Waals surface area contributed by atoms with E-state index >= 15 is 0 Å². The Balaban J connectivity index is 2.54. The van der Waals surface area contributed by atoms with E-state index in [-0.39, 0.29) is 11.7 Å². The fourth-order valence-electron chi connectivity index (χ4n) is 1.78. The Morgan fingerprint density at radius 3 is 2.42 bits per heavy atom. The lowest BCUT2D eigenvalue weighted by Crippen LogP contribution is -2.14. The lowest BCUT2D eigenvalue weighted by atomic mass is 10.2. The van der Waals surface area contributed by atoms with Crippen molar-refractivity contribution in [1.29, 1.82) is 0 Å². The zero-order valence-electron chi connectivity index (χ0n) is 10.7. The van der Waals surface area contributed by atoms with E-state index in [0.29, 0.717) is 17.5 Å². The number of nitrogens with zero attached hydrogens (tertiary/aromatic N) is 3. The van der Waals surface area contributed by atoms with E-state index < -0.39 is 17.5 Å². The summed E-state index contributed by atoms with van der Waals surface area (Å²) in [6.45, 7) is 3.55. The van der Waals surface area contributed by atoms with Crippen LogP contribution in [0.15, 0.2) is 12.1 Å². The molecule has 1 aromatic carbocycles. The first-order valence-electron chi connectivity index (χ1n) is 5.70. The van der Waals surface area contributed by atoms with E-state index in [1.807, 2.05) is 6.92 Å². The minimum absolute atomic E-state index is 0.0814. The molecule has 0 radical (unpaired) electrons. The van der Waals surface area contributed by atoms with Crippen molar-refractivity contribution in [2.75, 3.05) is 7.05 Å². The maximum Gasteiger partial charge on any atom is 0.161 e. The van der Waals surface area contributed by atoms with Crippen LogP contribution in [-0.2, 0) is 0 Å². The quantitative estimate of drug-likeness (QED) is 0.870. The third-order valence-electron chi connectivity index (χ3n) is 2.99. The Morgan fingerprint density at radius 2 is 1.79 bits per heavy atom. The minimum atomic E-state index is -1.23. The molecule has 0 spiro atoms. The number of halogens is 3. The zero-order chi connectivity index (χ0) is 14.2. The molecule has 2 rings (SSSR count). The molecule has 1 aromatic heterocycles. The molecule has 7 heteroatoms. The highest BCUT2D eigenvalue weighted by Gasteiger charge is 2.18. The number of hydrogen-bond acceptors (Lipinski definition) is 3. The molecule has 0 aliphatic rings. The summed E-state index contributed by atoms with van der Waals surface area (Å²) in [5, 5.41) is 10.7. The number of aromatic nitrogens is 3. The van der Waals surface area contributed by atoms with Crippen LogP contribution in [0.1, 0.15) is 24.4 Å². The molecule has 0 amide bonds. The summed E-state index contributed by atoms with van der Waals surface area (Å²) < 4.78 is 40.9. The third-order valence-corrected chi connectivity index (χ3v) is 2.99. The van der Waals surface area contributed by atoms with Gasteiger partial charge in [0.1, 0.15) is 11.4 Å². The number of benzene rings is 1. The molecule has 102 valence electrons. The summed E-state index contributed by atoms with van der Waals surface area (Å²) in [7, 11) is 1.75. The molecule has 0 aliphatic heterocycles. The van der Waals surface area contributed by atoms with Crippen LogP contribution in [0.2, 0.25) is 0 Å². The van der Waals surface area contributed by atoms with Crippen LogP contribution in [0.25, 0.3) is 5.69 Å². The van der Waals surface area contributed by atoms with Crippen molar-refractivity contribution in [3.63, 3.8) is 0 Å². The van der Waals surface area contributed by atoms with Crippen LogP contribution in [-0.4, -0.2) is 22.0 Å². The molecule has 2 aromatic rings. The first-order valence-corrected chi connectivity index (χ1v) is 5.70. The Bertz CT molecular complexity index is 609. The van der Waals surface area contributed by atoms with Gasteiger partial charge in [-0.25, -0.2) is 17.9 Å². The van der Waals surface area contributed by atoms with E-state index in [1.54, 1.807) is 14.0 Å². The van der Waals surface area contributed by atoms with Gasteiger partial charge in [-0.2, -0.15) is 0 Å². The van der Waals surface area contributed by atoms with Gasteiger partial charge in [0.2, 0.25) is 0 Å². The van der Waals surface area contributed by atoms with Gasteiger partial charge in [-0.05, 0) is 20.9 Å². The summed E-state index contributed by atoms with van der Waals surface area (Å²) >= 11 is 0. The molecule has 0 fully saturated rings. The number of rotatable bonds is 3. The standard InChI is InChI=1S/C12H13F3N4/c1-6(16-3)12-7(2)19(18-17-12)11-5-9(14)8(13)4-10(11)15/h4-6,16H,1-3H3. The first-order chi connectivity index (χ1) is 8.95. The summed E-state index contributed by atoms with van der Waals surface area (Å²) in [5.74, 6) is -3.26. The van der Waals surface area contributed by atoms with E-state index in [0.717, 1.165) is 10.7 Å². The summed E-state index contributed by atoms with van der Waals surface area (Å²) in [6.07, 6.45) is 0. The molecule has 19 heavy (non-hydrogen) atoms. The van der Waals surface area contributed by atoms with E-state index in [4.69, 9.17) is 0 Å². The van der Waals surface area contributed by atoms with Crippen molar-refractivity contribution >= 4 is 0 Å². The fraction of sp³-hybridized carbons (Fsp3) is 0.333.